The Labute approximate surface area is 396 Å². The summed E-state index contributed by atoms with van der Waals surface area (Å²) in [6, 6.07) is 0. The first-order chi connectivity index (χ1) is 18.4. The minimum absolute atomic E-state index is 0. The van der Waals surface area contributed by atoms with Crippen LogP contribution in [0.25, 0.3) is 0 Å². The number of hydrogen-bond acceptors (Lipinski definition) is 12. The molecule has 0 radical (unpaired) electrons. The van der Waals surface area contributed by atoms with Gasteiger partial charge in [0.15, 0.2) is 0 Å². The van der Waals surface area contributed by atoms with Crippen LogP contribution in [-0.4, -0.2) is 364 Å². The van der Waals surface area contributed by atoms with Crippen LogP contribution in [-0.2, 0) is 38.4 Å². The number of carbonyl (C=O) groups is 8. The Hall–Kier alpha value is 1.60. The van der Waals surface area contributed by atoms with Crippen LogP contribution in [0.15, 0.2) is 0 Å². The van der Waals surface area contributed by atoms with E-state index in [1.807, 2.05) is 0 Å². The second-order valence-electron chi connectivity index (χ2n) is 7.99. The van der Waals surface area contributed by atoms with Crippen molar-refractivity contribution in [1.82, 2.24) is 19.6 Å². The summed E-state index contributed by atoms with van der Waals surface area (Å²) in [4.78, 5) is 88.7. The van der Waals surface area contributed by atoms with Gasteiger partial charge in [0, 0.05) is 26.2 Å². The van der Waals surface area contributed by atoms with Gasteiger partial charge in [-0.3, -0.25) is 58.0 Å². The zero-order chi connectivity index (χ0) is 31.4. The Balaban J connectivity index is -0.0000000926. The number of carboxylic acids is 8. The van der Waals surface area contributed by atoms with Crippen molar-refractivity contribution >= 4 is 225 Å². The molecule has 20 nitrogen and oxygen atoms in total. The van der Waals surface area contributed by atoms with E-state index in [1.54, 1.807) is 0 Å². The quantitative estimate of drug-likeness (QED) is 0.0480. The van der Waals surface area contributed by atoms with E-state index < -0.39 is 100 Å². The van der Waals surface area contributed by atoms with Crippen molar-refractivity contribution in [2.24, 2.45) is 0 Å². The number of rotatable bonds is 22. The molecule has 0 atom stereocenters. The fourth-order valence-corrected chi connectivity index (χ4v) is 2.95. The van der Waals surface area contributed by atoms with Crippen LogP contribution in [0.5, 0.6) is 0 Å². The number of hydrogen-bond donors (Lipinski definition) is 8. The van der Waals surface area contributed by atoms with E-state index in [-0.39, 0.29) is 204 Å². The van der Waals surface area contributed by atoms with Crippen molar-refractivity contribution in [2.45, 2.75) is 0 Å². The number of aliphatic carboxylic acids is 8. The predicted molar refractivity (Wildman–Crippen MR) is 170 cm³/mol. The predicted octanol–water partition coefficient (Wildman–Crippen LogP) is -8.03. The van der Waals surface area contributed by atoms with Gasteiger partial charge in [-0.25, -0.2) is 0 Å². The zero-order valence-corrected chi connectivity index (χ0v) is 21.1. The molecular weight excluding hydrogens is 690 g/mol. The molecule has 0 fully saturated rings. The van der Waals surface area contributed by atoms with Crippen LogP contribution in [0.3, 0.4) is 0 Å². The Bertz CT molecular complexity index is 729. The van der Waals surface area contributed by atoms with E-state index in [2.05, 4.69) is 0 Å². The summed E-state index contributed by atoms with van der Waals surface area (Å²) in [5.41, 5.74) is 0. The molecule has 26 heteroatoms. The van der Waals surface area contributed by atoms with Gasteiger partial charge in [0.25, 0.3) is 0 Å². The van der Waals surface area contributed by atoms with Gasteiger partial charge in [-0.05, 0) is 0 Å². The van der Waals surface area contributed by atoms with Gasteiger partial charge in [0.05, 0.1) is 52.4 Å². The molecule has 0 aliphatic heterocycles. The summed E-state index contributed by atoms with van der Waals surface area (Å²) in [5, 5.41) is 68.9. The van der Waals surface area contributed by atoms with E-state index >= 15 is 0 Å². The number of carboxylic acid groups (broad SMARTS) is 8. The molecule has 0 saturated carbocycles. The minimum atomic E-state index is -1.23. The molecule has 0 bridgehead atoms. The zero-order valence-electron chi connectivity index (χ0n) is 21.1. The third kappa shape index (κ3) is 47.7. The Kier molecular flexibility index (Phi) is 56.4. The van der Waals surface area contributed by atoms with Crippen molar-refractivity contribution in [3.63, 3.8) is 0 Å². The summed E-state index contributed by atoms with van der Waals surface area (Å²) in [7, 11) is 0. The molecule has 240 valence electrons. The van der Waals surface area contributed by atoms with Crippen LogP contribution in [0.2, 0.25) is 0 Å². The van der Waals surface area contributed by atoms with Crippen molar-refractivity contribution < 1.29 is 79.2 Å². The normalized spacial score (nSPS) is 9.30. The van der Waals surface area contributed by atoms with E-state index in [0.29, 0.717) is 0 Å². The fourth-order valence-electron chi connectivity index (χ4n) is 2.95. The van der Waals surface area contributed by atoms with Gasteiger partial charge in [0.1, 0.15) is 0 Å². The molecular formula is C20H38N4Na6O16. The maximum absolute atomic E-state index is 10.6. The molecule has 0 aliphatic rings. The molecule has 0 heterocycles. The van der Waals surface area contributed by atoms with Gasteiger partial charge >= 0.3 is 225 Å². The standard InChI is InChI=1S/2C10H16N2O8.6Na.6H/c2*13-7(14)3-11(4-8(15)16)1-2-12(5-9(17)18)6-10(19)20;;;;;;;;;;;;/h2*1-6H2,(H,13,14)(H,15,16)(H,17,18)(H,19,20);;;;;;;;;;;;. The van der Waals surface area contributed by atoms with Gasteiger partial charge in [-0.2, -0.15) is 0 Å². The number of nitrogens with zero attached hydrogens (tertiary/aromatic N) is 4. The van der Waals surface area contributed by atoms with E-state index in [0.717, 1.165) is 19.6 Å². The van der Waals surface area contributed by atoms with Gasteiger partial charge < -0.3 is 40.9 Å². The molecule has 0 aliphatic carbocycles. The second kappa shape index (κ2) is 39.4. The fraction of sp³-hybridized carbons (Fsp3) is 0.600. The van der Waals surface area contributed by atoms with E-state index in [4.69, 9.17) is 40.9 Å². The van der Waals surface area contributed by atoms with Crippen molar-refractivity contribution in [2.75, 3.05) is 78.5 Å². The van der Waals surface area contributed by atoms with Crippen molar-refractivity contribution in [3.05, 3.63) is 0 Å². The van der Waals surface area contributed by atoms with Gasteiger partial charge in [-0.15, -0.1) is 0 Å². The summed E-state index contributed by atoms with van der Waals surface area (Å²) in [5.74, 6) is -9.82. The van der Waals surface area contributed by atoms with Crippen LogP contribution in [0, 0.1) is 0 Å². The van der Waals surface area contributed by atoms with Gasteiger partial charge in [0.2, 0.25) is 0 Å². The molecule has 0 rings (SSSR count). The van der Waals surface area contributed by atoms with Crippen molar-refractivity contribution in [1.29, 1.82) is 0 Å². The second-order valence-corrected chi connectivity index (χ2v) is 7.99. The van der Waals surface area contributed by atoms with Crippen LogP contribution < -0.4 is 0 Å². The molecule has 0 aromatic heterocycles. The van der Waals surface area contributed by atoms with Crippen molar-refractivity contribution in [3.8, 4) is 0 Å². The molecule has 8 N–H and O–H groups in total. The molecule has 0 saturated heterocycles. The Morgan fingerprint density at radius 2 is 0.348 bits per heavy atom. The molecule has 0 unspecified atom stereocenters. The monoisotopic (exact) mass is 728 g/mol. The molecule has 0 aromatic carbocycles. The first-order valence-electron chi connectivity index (χ1n) is 11.0. The summed E-state index contributed by atoms with van der Waals surface area (Å²) in [6.07, 6.45) is 0. The topological polar surface area (TPSA) is 311 Å². The van der Waals surface area contributed by atoms with Gasteiger partial charge in [-0.1, -0.05) is 0 Å². The first kappa shape index (κ1) is 65.9. The van der Waals surface area contributed by atoms with Crippen LogP contribution in [0.4, 0.5) is 0 Å². The third-order valence-corrected chi connectivity index (χ3v) is 4.34. The summed E-state index contributed by atoms with van der Waals surface area (Å²) < 4.78 is 0. The molecule has 0 aromatic rings. The molecule has 0 spiro atoms. The van der Waals surface area contributed by atoms with Crippen LogP contribution in [0.1, 0.15) is 0 Å². The summed E-state index contributed by atoms with van der Waals surface area (Å²) >= 11 is 0. The third-order valence-electron chi connectivity index (χ3n) is 4.34. The average molecular weight is 728 g/mol. The van der Waals surface area contributed by atoms with E-state index in [9.17, 15) is 38.4 Å². The summed E-state index contributed by atoms with van der Waals surface area (Å²) in [6.45, 7) is -4.50. The molecule has 46 heavy (non-hydrogen) atoms. The first-order valence-corrected chi connectivity index (χ1v) is 11.0. The maximum atomic E-state index is 10.6. The van der Waals surface area contributed by atoms with Crippen LogP contribution >= 0.6 is 0 Å². The van der Waals surface area contributed by atoms with E-state index in [1.165, 1.54) is 0 Å². The average Bonchev–Trinajstić information content (AvgIpc) is 2.72. The molecule has 0 amide bonds. The Morgan fingerprint density at radius 1 is 0.261 bits per heavy atom. The SMILES string of the molecule is O=C(O)CN(CCN(CC(=O)O)CC(=O)O)CC(=O)O.O=C(O)CN(CCN(CC(=O)O)CC(=O)O)CC(=O)O.[NaH].[NaH].[NaH].[NaH].[NaH].[NaH]. The Morgan fingerprint density at radius 3 is 0.413 bits per heavy atom.